The van der Waals surface area contributed by atoms with E-state index in [1.54, 1.807) is 0 Å². The Hall–Kier alpha value is -0.590. The summed E-state index contributed by atoms with van der Waals surface area (Å²) in [7, 11) is 0. The molecule has 0 saturated heterocycles. The van der Waals surface area contributed by atoms with Crippen LogP contribution < -0.4 is 0 Å². The van der Waals surface area contributed by atoms with E-state index in [1.165, 1.54) is 19.3 Å². The summed E-state index contributed by atoms with van der Waals surface area (Å²) in [5.41, 5.74) is 0.495. The van der Waals surface area contributed by atoms with E-state index >= 15 is 0 Å². The zero-order chi connectivity index (χ0) is 11.3. The maximum Gasteiger partial charge on any atom is 0.120 e. The lowest BCUT2D eigenvalue weighted by Crippen LogP contribution is -2.22. The van der Waals surface area contributed by atoms with E-state index in [9.17, 15) is 4.79 Å². The maximum absolute atomic E-state index is 10.1. The molecule has 0 aromatic carbocycles. The fourth-order valence-electron chi connectivity index (χ4n) is 2.56. The van der Waals surface area contributed by atoms with Crippen LogP contribution in [0.5, 0.6) is 0 Å². The lowest BCUT2D eigenvalue weighted by Gasteiger charge is -2.30. The Balaban J connectivity index is 2.33. The minimum Gasteiger partial charge on any atom is -0.303 e. The monoisotopic (exact) mass is 208 g/mol. The van der Waals surface area contributed by atoms with Crippen molar-refractivity contribution in [1.29, 1.82) is 0 Å². The molecule has 0 aromatic heterocycles. The Bertz CT molecular complexity index is 227. The van der Waals surface area contributed by atoms with Gasteiger partial charge >= 0.3 is 0 Å². The van der Waals surface area contributed by atoms with Crippen molar-refractivity contribution in [2.45, 2.75) is 52.9 Å². The van der Waals surface area contributed by atoms with E-state index in [2.05, 4.69) is 32.9 Å². The van der Waals surface area contributed by atoms with E-state index in [1.807, 2.05) is 0 Å². The maximum atomic E-state index is 10.1. The summed E-state index contributed by atoms with van der Waals surface area (Å²) >= 11 is 0. The van der Waals surface area contributed by atoms with Crippen molar-refractivity contribution in [2.24, 2.45) is 17.3 Å². The molecule has 1 rings (SSSR count). The Morgan fingerprint density at radius 1 is 1.20 bits per heavy atom. The van der Waals surface area contributed by atoms with E-state index in [0.29, 0.717) is 11.8 Å². The Morgan fingerprint density at radius 3 is 2.47 bits per heavy atom. The first kappa shape index (κ1) is 12.5. The van der Waals surface area contributed by atoms with Crippen LogP contribution in [-0.4, -0.2) is 6.29 Å². The van der Waals surface area contributed by atoms with Gasteiger partial charge < -0.3 is 4.79 Å². The van der Waals surface area contributed by atoms with Crippen LogP contribution >= 0.6 is 0 Å². The average Bonchev–Trinajstić information content (AvgIpc) is 2.44. The van der Waals surface area contributed by atoms with Crippen LogP contribution in [0.1, 0.15) is 52.9 Å². The highest BCUT2D eigenvalue weighted by atomic mass is 16.1. The predicted octanol–water partition coefficient (Wildman–Crippen LogP) is 3.98. The van der Waals surface area contributed by atoms with Gasteiger partial charge in [-0.05, 0) is 42.9 Å². The molecule has 15 heavy (non-hydrogen) atoms. The molecule has 1 saturated carbocycles. The molecule has 1 aliphatic carbocycles. The van der Waals surface area contributed by atoms with Crippen LogP contribution in [0.25, 0.3) is 0 Å². The number of unbranched alkanes of at least 4 members (excludes halogenated alkanes) is 1. The second-order valence-corrected chi connectivity index (χ2v) is 5.45. The Morgan fingerprint density at radius 2 is 1.93 bits per heavy atom. The highest BCUT2D eigenvalue weighted by Crippen LogP contribution is 2.48. The molecule has 1 heteroatoms. The Kier molecular flexibility index (Phi) is 4.56. The summed E-state index contributed by atoms with van der Waals surface area (Å²) in [6.45, 7) is 7.17. The first-order valence-corrected chi connectivity index (χ1v) is 6.17. The van der Waals surface area contributed by atoms with Gasteiger partial charge in [0.15, 0.2) is 0 Å². The van der Waals surface area contributed by atoms with Crippen molar-refractivity contribution >= 4 is 6.29 Å². The van der Waals surface area contributed by atoms with Crippen LogP contribution in [0.2, 0.25) is 0 Å². The first-order valence-electron chi connectivity index (χ1n) is 6.17. The molecule has 2 atom stereocenters. The van der Waals surface area contributed by atoms with Crippen LogP contribution in [-0.2, 0) is 4.79 Å². The smallest absolute Gasteiger partial charge is 0.120 e. The summed E-state index contributed by atoms with van der Waals surface area (Å²) in [6.07, 6.45) is 10.9. The van der Waals surface area contributed by atoms with Gasteiger partial charge in [-0.2, -0.15) is 0 Å². The van der Waals surface area contributed by atoms with Gasteiger partial charge in [0.05, 0.1) is 0 Å². The summed E-state index contributed by atoms with van der Waals surface area (Å²) in [5, 5.41) is 0. The molecule has 0 spiro atoms. The van der Waals surface area contributed by atoms with E-state index < -0.39 is 0 Å². The molecule has 0 heterocycles. The highest BCUT2D eigenvalue weighted by molar-refractivity contribution is 5.49. The third-order valence-electron chi connectivity index (χ3n) is 4.31. The van der Waals surface area contributed by atoms with Gasteiger partial charge in [0, 0.05) is 6.42 Å². The highest BCUT2D eigenvalue weighted by Gasteiger charge is 2.39. The summed E-state index contributed by atoms with van der Waals surface area (Å²) in [5.74, 6) is 1.69. The van der Waals surface area contributed by atoms with Crippen LogP contribution in [0, 0.1) is 17.3 Å². The van der Waals surface area contributed by atoms with Gasteiger partial charge in [0.25, 0.3) is 0 Å². The molecule has 2 unspecified atom stereocenters. The van der Waals surface area contributed by atoms with E-state index in [-0.39, 0.29) is 0 Å². The van der Waals surface area contributed by atoms with Gasteiger partial charge in [-0.3, -0.25) is 0 Å². The zero-order valence-corrected chi connectivity index (χ0v) is 10.3. The lowest BCUT2D eigenvalue weighted by atomic mass is 9.75. The number of rotatable bonds is 5. The zero-order valence-electron chi connectivity index (χ0n) is 10.3. The number of carbonyl (C=O) groups excluding carboxylic acids is 1. The quantitative estimate of drug-likeness (QED) is 0.379. The summed E-state index contributed by atoms with van der Waals surface area (Å²) in [4.78, 5) is 10.1. The van der Waals surface area contributed by atoms with Crippen molar-refractivity contribution < 1.29 is 4.79 Å². The van der Waals surface area contributed by atoms with Crippen molar-refractivity contribution in [3.63, 3.8) is 0 Å². The van der Waals surface area contributed by atoms with Gasteiger partial charge in [0.1, 0.15) is 6.29 Å². The fraction of sp³-hybridized carbons (Fsp3) is 0.786. The molecule has 0 amide bonds. The molecule has 0 radical (unpaired) electrons. The number of hydrogen-bond acceptors (Lipinski definition) is 1. The van der Waals surface area contributed by atoms with Crippen LogP contribution in [0.15, 0.2) is 12.2 Å². The molecule has 1 aliphatic rings. The summed E-state index contributed by atoms with van der Waals surface area (Å²) in [6, 6.07) is 0. The molecule has 0 aliphatic heterocycles. The minimum absolute atomic E-state index is 0.495. The first-order chi connectivity index (χ1) is 7.09. The predicted molar refractivity (Wildman–Crippen MR) is 64.7 cm³/mol. The summed E-state index contributed by atoms with van der Waals surface area (Å²) < 4.78 is 0. The average molecular weight is 208 g/mol. The second-order valence-electron chi connectivity index (χ2n) is 5.45. The van der Waals surface area contributed by atoms with Crippen molar-refractivity contribution in [1.82, 2.24) is 0 Å². The molecule has 0 bridgehead atoms. The third-order valence-corrected chi connectivity index (χ3v) is 4.31. The van der Waals surface area contributed by atoms with E-state index in [4.69, 9.17) is 0 Å². The molecular formula is C14H24O. The minimum atomic E-state index is 0.495. The number of allylic oxidation sites excluding steroid dienone is 2. The largest absolute Gasteiger partial charge is 0.303 e. The number of carbonyl (C=O) groups is 1. The SMILES string of the molecule is CC1CCC(CC=CCCC=O)C1(C)C. The van der Waals surface area contributed by atoms with Gasteiger partial charge in [-0.25, -0.2) is 0 Å². The fourth-order valence-corrected chi connectivity index (χ4v) is 2.56. The number of aldehydes is 1. The van der Waals surface area contributed by atoms with Crippen LogP contribution in [0.3, 0.4) is 0 Å². The molecule has 1 fully saturated rings. The molecule has 0 N–H and O–H groups in total. The number of hydrogen-bond donors (Lipinski definition) is 0. The van der Waals surface area contributed by atoms with Crippen molar-refractivity contribution in [2.75, 3.05) is 0 Å². The van der Waals surface area contributed by atoms with Crippen molar-refractivity contribution in [3.05, 3.63) is 12.2 Å². The topological polar surface area (TPSA) is 17.1 Å². The second kappa shape index (κ2) is 5.48. The lowest BCUT2D eigenvalue weighted by molar-refractivity contribution is -0.107. The van der Waals surface area contributed by atoms with E-state index in [0.717, 1.165) is 24.5 Å². The van der Waals surface area contributed by atoms with Crippen LogP contribution in [0.4, 0.5) is 0 Å². The van der Waals surface area contributed by atoms with Gasteiger partial charge in [0.2, 0.25) is 0 Å². The van der Waals surface area contributed by atoms with Crippen molar-refractivity contribution in [3.8, 4) is 0 Å². The standard InChI is InChI=1S/C14H24O/c1-12-9-10-13(14(12,2)3)8-6-4-5-7-11-15/h4,6,11-13H,5,7-10H2,1-3H3. The third kappa shape index (κ3) is 3.19. The molecular weight excluding hydrogens is 184 g/mol. The van der Waals surface area contributed by atoms with Gasteiger partial charge in [-0.15, -0.1) is 0 Å². The molecule has 86 valence electrons. The Labute approximate surface area is 93.9 Å². The van der Waals surface area contributed by atoms with Gasteiger partial charge in [-0.1, -0.05) is 32.9 Å². The molecule has 0 aromatic rings. The normalized spacial score (nSPS) is 29.8. The molecule has 1 nitrogen and oxygen atoms in total.